The molecule has 0 aromatic heterocycles. The first-order valence-electron chi connectivity index (χ1n) is 6.01. The highest BCUT2D eigenvalue weighted by molar-refractivity contribution is 6.33. The van der Waals surface area contributed by atoms with Gasteiger partial charge in [0.2, 0.25) is 0 Å². The van der Waals surface area contributed by atoms with Gasteiger partial charge in [0.25, 0.3) is 0 Å². The third kappa shape index (κ3) is 3.85. The lowest BCUT2D eigenvalue weighted by molar-refractivity contribution is 0.626. The summed E-state index contributed by atoms with van der Waals surface area (Å²) in [5, 5.41) is 4.20. The van der Waals surface area contributed by atoms with E-state index in [2.05, 4.69) is 5.32 Å². The predicted molar refractivity (Wildman–Crippen MR) is 79.7 cm³/mol. The van der Waals surface area contributed by atoms with E-state index in [1.165, 1.54) is 6.07 Å². The first kappa shape index (κ1) is 14.2. The maximum Gasteiger partial charge on any atom is 0.147 e. The Kier molecular flexibility index (Phi) is 4.67. The monoisotopic (exact) mass is 297 g/mol. The topological polar surface area (TPSA) is 12.0 Å². The van der Waals surface area contributed by atoms with Crippen molar-refractivity contribution in [3.8, 4) is 0 Å². The molecule has 0 radical (unpaired) electrons. The van der Waals surface area contributed by atoms with E-state index >= 15 is 0 Å². The van der Waals surface area contributed by atoms with Gasteiger partial charge in [0.15, 0.2) is 0 Å². The molecule has 0 saturated carbocycles. The number of rotatable bonds is 4. The highest BCUT2D eigenvalue weighted by Gasteiger charge is 2.10. The Morgan fingerprint density at radius 3 is 2.42 bits per heavy atom. The molecule has 0 aliphatic rings. The van der Waals surface area contributed by atoms with Crippen molar-refractivity contribution < 1.29 is 4.39 Å². The molecule has 0 spiro atoms. The number of benzene rings is 2. The zero-order valence-corrected chi connectivity index (χ0v) is 12.0. The summed E-state index contributed by atoms with van der Waals surface area (Å²) in [5.74, 6) is -0.338. The van der Waals surface area contributed by atoms with Crippen LogP contribution in [0.1, 0.15) is 12.5 Å². The van der Waals surface area contributed by atoms with E-state index < -0.39 is 0 Å². The second-order valence-electron chi connectivity index (χ2n) is 4.47. The molecule has 0 bridgehead atoms. The first-order chi connectivity index (χ1) is 9.06. The number of hydrogen-bond acceptors (Lipinski definition) is 1. The van der Waals surface area contributed by atoms with Crippen molar-refractivity contribution in [1.82, 2.24) is 0 Å². The number of para-hydroxylation sites is 1. The van der Waals surface area contributed by atoms with Gasteiger partial charge >= 0.3 is 0 Å². The van der Waals surface area contributed by atoms with E-state index in [1.54, 1.807) is 12.1 Å². The SMILES string of the molecule is CC(Cc1ccc(Cl)cc1)Nc1c(F)cccc1Cl. The molecular weight excluding hydrogens is 284 g/mol. The van der Waals surface area contributed by atoms with Crippen molar-refractivity contribution in [1.29, 1.82) is 0 Å². The zero-order valence-electron chi connectivity index (χ0n) is 10.5. The summed E-state index contributed by atoms with van der Waals surface area (Å²) < 4.78 is 13.6. The highest BCUT2D eigenvalue weighted by atomic mass is 35.5. The molecule has 1 atom stereocenters. The lowest BCUT2D eigenvalue weighted by atomic mass is 10.1. The fraction of sp³-hybridized carbons (Fsp3) is 0.200. The van der Waals surface area contributed by atoms with Crippen molar-refractivity contribution in [2.45, 2.75) is 19.4 Å². The van der Waals surface area contributed by atoms with E-state index in [0.29, 0.717) is 15.7 Å². The smallest absolute Gasteiger partial charge is 0.147 e. The van der Waals surface area contributed by atoms with Crippen LogP contribution in [-0.2, 0) is 6.42 Å². The molecule has 0 aliphatic carbocycles. The molecule has 0 saturated heterocycles. The van der Waals surface area contributed by atoms with Crippen LogP contribution in [0.25, 0.3) is 0 Å². The minimum absolute atomic E-state index is 0.0653. The Morgan fingerprint density at radius 2 is 1.79 bits per heavy atom. The second kappa shape index (κ2) is 6.27. The Labute approximate surface area is 122 Å². The van der Waals surface area contributed by atoms with Crippen LogP contribution in [0.3, 0.4) is 0 Å². The van der Waals surface area contributed by atoms with Gasteiger partial charge in [-0.25, -0.2) is 4.39 Å². The van der Waals surface area contributed by atoms with Crippen LogP contribution in [-0.4, -0.2) is 6.04 Å². The molecule has 1 N–H and O–H groups in total. The third-order valence-electron chi connectivity index (χ3n) is 2.81. The number of hydrogen-bond donors (Lipinski definition) is 1. The molecular formula is C15H14Cl2FN. The lowest BCUT2D eigenvalue weighted by Gasteiger charge is -2.17. The summed E-state index contributed by atoms with van der Waals surface area (Å²) in [6, 6.07) is 12.3. The van der Waals surface area contributed by atoms with E-state index in [9.17, 15) is 4.39 Å². The lowest BCUT2D eigenvalue weighted by Crippen LogP contribution is -2.19. The summed E-state index contributed by atoms with van der Waals surface area (Å²) in [4.78, 5) is 0. The number of halogens is 3. The molecule has 1 nitrogen and oxygen atoms in total. The van der Waals surface area contributed by atoms with Crippen LogP contribution in [0.4, 0.5) is 10.1 Å². The highest BCUT2D eigenvalue weighted by Crippen LogP contribution is 2.25. The van der Waals surface area contributed by atoms with Gasteiger partial charge in [-0.05, 0) is 43.2 Å². The Bertz CT molecular complexity index is 534. The van der Waals surface area contributed by atoms with Crippen molar-refractivity contribution >= 4 is 28.9 Å². The minimum atomic E-state index is -0.338. The van der Waals surface area contributed by atoms with E-state index in [-0.39, 0.29) is 11.9 Å². The van der Waals surface area contributed by atoms with E-state index in [4.69, 9.17) is 23.2 Å². The molecule has 2 aromatic rings. The molecule has 2 rings (SSSR count). The van der Waals surface area contributed by atoms with Gasteiger partial charge in [0.1, 0.15) is 5.82 Å². The summed E-state index contributed by atoms with van der Waals surface area (Å²) in [6.07, 6.45) is 0.766. The molecule has 2 aromatic carbocycles. The average molecular weight is 298 g/mol. The predicted octanol–water partition coefficient (Wildman–Crippen LogP) is 5.18. The van der Waals surface area contributed by atoms with Crippen LogP contribution in [0.15, 0.2) is 42.5 Å². The van der Waals surface area contributed by atoms with Crippen molar-refractivity contribution in [3.63, 3.8) is 0 Å². The van der Waals surface area contributed by atoms with Crippen LogP contribution in [0.5, 0.6) is 0 Å². The van der Waals surface area contributed by atoms with Crippen LogP contribution >= 0.6 is 23.2 Å². The Balaban J connectivity index is 2.05. The normalized spacial score (nSPS) is 12.2. The van der Waals surface area contributed by atoms with Crippen LogP contribution in [0.2, 0.25) is 10.0 Å². The fourth-order valence-electron chi connectivity index (χ4n) is 1.91. The van der Waals surface area contributed by atoms with Crippen molar-refractivity contribution in [2.75, 3.05) is 5.32 Å². The summed E-state index contributed by atoms with van der Waals surface area (Å²) >= 11 is 11.8. The molecule has 100 valence electrons. The summed E-state index contributed by atoms with van der Waals surface area (Å²) in [7, 11) is 0. The van der Waals surface area contributed by atoms with Gasteiger partial charge in [0.05, 0.1) is 10.7 Å². The van der Waals surface area contributed by atoms with Crippen LogP contribution < -0.4 is 5.32 Å². The van der Waals surface area contributed by atoms with Gasteiger partial charge in [-0.3, -0.25) is 0 Å². The Morgan fingerprint density at radius 1 is 1.11 bits per heavy atom. The largest absolute Gasteiger partial charge is 0.379 e. The summed E-state index contributed by atoms with van der Waals surface area (Å²) in [6.45, 7) is 1.98. The van der Waals surface area contributed by atoms with Crippen molar-refractivity contribution in [3.05, 3.63) is 63.9 Å². The fourth-order valence-corrected chi connectivity index (χ4v) is 2.25. The number of nitrogens with one attached hydrogen (secondary N) is 1. The molecule has 0 heterocycles. The van der Waals surface area contributed by atoms with E-state index in [0.717, 1.165) is 12.0 Å². The van der Waals surface area contributed by atoms with Gasteiger partial charge in [-0.2, -0.15) is 0 Å². The van der Waals surface area contributed by atoms with Gasteiger partial charge in [-0.1, -0.05) is 41.4 Å². The maximum absolute atomic E-state index is 13.6. The maximum atomic E-state index is 13.6. The summed E-state index contributed by atoms with van der Waals surface area (Å²) in [5.41, 5.74) is 1.49. The van der Waals surface area contributed by atoms with Crippen molar-refractivity contribution in [2.24, 2.45) is 0 Å². The van der Waals surface area contributed by atoms with Gasteiger partial charge < -0.3 is 5.32 Å². The van der Waals surface area contributed by atoms with Crippen LogP contribution in [0, 0.1) is 5.82 Å². The molecule has 19 heavy (non-hydrogen) atoms. The zero-order chi connectivity index (χ0) is 13.8. The second-order valence-corrected chi connectivity index (χ2v) is 5.32. The van der Waals surface area contributed by atoms with Gasteiger partial charge in [-0.15, -0.1) is 0 Å². The molecule has 0 amide bonds. The molecule has 4 heteroatoms. The molecule has 0 fully saturated rings. The molecule has 1 unspecified atom stereocenters. The van der Waals surface area contributed by atoms with E-state index in [1.807, 2.05) is 31.2 Å². The Hall–Kier alpha value is -1.25. The standard InChI is InChI=1S/C15H14Cl2FN/c1-10(9-11-5-7-12(16)8-6-11)19-15-13(17)3-2-4-14(15)18/h2-8,10,19H,9H2,1H3. The average Bonchev–Trinajstić information content (AvgIpc) is 2.37. The molecule has 0 aliphatic heterocycles. The minimum Gasteiger partial charge on any atom is -0.379 e. The third-order valence-corrected chi connectivity index (χ3v) is 3.38. The quantitative estimate of drug-likeness (QED) is 0.820. The van der Waals surface area contributed by atoms with Gasteiger partial charge in [0, 0.05) is 11.1 Å². The number of anilines is 1. The first-order valence-corrected chi connectivity index (χ1v) is 6.77.